The quantitative estimate of drug-likeness (QED) is 0.802. The molecule has 0 spiro atoms. The third-order valence-electron chi connectivity index (χ3n) is 1.77. The summed E-state index contributed by atoms with van der Waals surface area (Å²) in [4.78, 5) is 0. The molecule has 18 heavy (non-hydrogen) atoms. The van der Waals surface area contributed by atoms with Crippen LogP contribution in [0.2, 0.25) is 0 Å². The Balaban J connectivity index is 5.23. The van der Waals surface area contributed by atoms with Gasteiger partial charge in [-0.15, -0.1) is 0 Å². The van der Waals surface area contributed by atoms with Gasteiger partial charge in [0.05, 0.1) is 0 Å². The summed E-state index contributed by atoms with van der Waals surface area (Å²) in [5.41, 5.74) is -1.44. The molecule has 0 aromatic heterocycles. The SMILES string of the molecule is CC(S(=O)(=O)NC(C)(C)C)S(=O)(=O)NC(C)(C)C. The standard InChI is InChI=1S/C10H24N2O4S2/c1-8(17(13,14)11-9(2,3)4)18(15,16)12-10(5,6)7/h8,11-12H,1-7H3. The van der Waals surface area contributed by atoms with Crippen LogP contribution in [0.1, 0.15) is 48.5 Å². The molecule has 2 N–H and O–H groups in total. The average molecular weight is 300 g/mol. The van der Waals surface area contributed by atoms with Crippen molar-refractivity contribution >= 4 is 20.0 Å². The minimum Gasteiger partial charge on any atom is -0.211 e. The van der Waals surface area contributed by atoms with Crippen LogP contribution >= 0.6 is 0 Å². The maximum atomic E-state index is 11.9. The Bertz CT molecular complexity index is 435. The lowest BCUT2D eigenvalue weighted by molar-refractivity contribution is 0.480. The average Bonchev–Trinajstić information content (AvgIpc) is 1.92. The zero-order chi connectivity index (χ0) is 15.0. The van der Waals surface area contributed by atoms with Crippen molar-refractivity contribution in [3.8, 4) is 0 Å². The monoisotopic (exact) mass is 300 g/mol. The second-order valence-corrected chi connectivity index (χ2v) is 10.7. The molecule has 0 bridgehead atoms. The van der Waals surface area contributed by atoms with Gasteiger partial charge < -0.3 is 0 Å². The van der Waals surface area contributed by atoms with E-state index in [2.05, 4.69) is 9.44 Å². The van der Waals surface area contributed by atoms with Crippen molar-refractivity contribution in [2.45, 2.75) is 64.1 Å². The molecule has 0 unspecified atom stereocenters. The highest BCUT2D eigenvalue weighted by Crippen LogP contribution is 2.14. The summed E-state index contributed by atoms with van der Waals surface area (Å²) in [5.74, 6) is 0. The van der Waals surface area contributed by atoms with Gasteiger partial charge in [-0.3, -0.25) is 0 Å². The van der Waals surface area contributed by atoms with Crippen LogP contribution < -0.4 is 9.44 Å². The summed E-state index contributed by atoms with van der Waals surface area (Å²) in [6.45, 7) is 11.1. The second-order valence-electron chi connectivity index (χ2n) is 6.36. The van der Waals surface area contributed by atoms with Gasteiger partial charge in [0.1, 0.15) is 0 Å². The largest absolute Gasteiger partial charge is 0.230 e. The molecule has 0 atom stereocenters. The van der Waals surface area contributed by atoms with E-state index < -0.39 is 35.7 Å². The first-order valence-corrected chi connectivity index (χ1v) is 8.72. The normalized spacial score (nSPS) is 15.1. The molecule has 0 aliphatic heterocycles. The van der Waals surface area contributed by atoms with E-state index in [9.17, 15) is 16.8 Å². The van der Waals surface area contributed by atoms with Gasteiger partial charge in [0.15, 0.2) is 4.58 Å². The van der Waals surface area contributed by atoms with Gasteiger partial charge >= 0.3 is 0 Å². The topological polar surface area (TPSA) is 92.3 Å². The van der Waals surface area contributed by atoms with Crippen molar-refractivity contribution in [2.75, 3.05) is 0 Å². The molecule has 0 aromatic carbocycles. The predicted molar refractivity (Wildman–Crippen MR) is 73.1 cm³/mol. The van der Waals surface area contributed by atoms with Crippen LogP contribution in [0.3, 0.4) is 0 Å². The van der Waals surface area contributed by atoms with Crippen molar-refractivity contribution in [1.82, 2.24) is 9.44 Å². The smallest absolute Gasteiger partial charge is 0.211 e. The fourth-order valence-electron chi connectivity index (χ4n) is 1.19. The first kappa shape index (κ1) is 17.8. The molecule has 0 radical (unpaired) electrons. The Morgan fingerprint density at radius 2 is 0.944 bits per heavy atom. The molecule has 0 aliphatic rings. The highest BCUT2D eigenvalue weighted by molar-refractivity contribution is 8.07. The van der Waals surface area contributed by atoms with E-state index in [0.717, 1.165) is 6.92 Å². The number of hydrogen-bond donors (Lipinski definition) is 2. The van der Waals surface area contributed by atoms with Gasteiger partial charge in [0.25, 0.3) is 0 Å². The lowest BCUT2D eigenvalue weighted by Gasteiger charge is -2.26. The number of rotatable bonds is 4. The van der Waals surface area contributed by atoms with E-state index in [4.69, 9.17) is 0 Å². The zero-order valence-electron chi connectivity index (χ0n) is 12.0. The van der Waals surface area contributed by atoms with Crippen LogP contribution in [0.4, 0.5) is 0 Å². The first-order chi connectivity index (χ1) is 7.57. The van der Waals surface area contributed by atoms with Crippen LogP contribution in [-0.4, -0.2) is 32.5 Å². The Morgan fingerprint density at radius 1 is 0.722 bits per heavy atom. The van der Waals surface area contributed by atoms with Crippen molar-refractivity contribution < 1.29 is 16.8 Å². The molecule has 0 aliphatic carbocycles. The molecule has 110 valence electrons. The predicted octanol–water partition coefficient (Wildman–Crippen LogP) is 0.768. The molecular formula is C10H24N2O4S2. The maximum absolute atomic E-state index is 11.9. The second kappa shape index (κ2) is 5.07. The summed E-state index contributed by atoms with van der Waals surface area (Å²) >= 11 is 0. The third-order valence-corrected chi connectivity index (χ3v) is 6.83. The van der Waals surface area contributed by atoms with Crippen LogP contribution in [-0.2, 0) is 20.0 Å². The van der Waals surface area contributed by atoms with Crippen LogP contribution in [0, 0.1) is 0 Å². The van der Waals surface area contributed by atoms with E-state index in [1.807, 2.05) is 0 Å². The first-order valence-electron chi connectivity index (χ1n) is 5.62. The summed E-state index contributed by atoms with van der Waals surface area (Å²) in [6, 6.07) is 0. The lowest BCUT2D eigenvalue weighted by Crippen LogP contribution is -2.52. The third kappa shape index (κ3) is 6.12. The van der Waals surface area contributed by atoms with E-state index in [-0.39, 0.29) is 0 Å². The Hall–Kier alpha value is -0.180. The molecular weight excluding hydrogens is 276 g/mol. The molecule has 8 heteroatoms. The molecule has 0 saturated carbocycles. The molecule has 0 rings (SSSR count). The van der Waals surface area contributed by atoms with Crippen molar-refractivity contribution in [1.29, 1.82) is 0 Å². The molecule has 0 amide bonds. The molecule has 0 saturated heterocycles. The summed E-state index contributed by atoms with van der Waals surface area (Å²) in [5, 5.41) is 0. The molecule has 6 nitrogen and oxygen atoms in total. The highest BCUT2D eigenvalue weighted by atomic mass is 32.3. The van der Waals surface area contributed by atoms with Crippen LogP contribution in [0.15, 0.2) is 0 Å². The minimum atomic E-state index is -3.95. The number of hydrogen-bond acceptors (Lipinski definition) is 4. The maximum Gasteiger partial charge on any atom is 0.230 e. The highest BCUT2D eigenvalue weighted by Gasteiger charge is 2.37. The molecule has 0 heterocycles. The lowest BCUT2D eigenvalue weighted by atomic mass is 10.1. The zero-order valence-corrected chi connectivity index (χ0v) is 13.7. The van der Waals surface area contributed by atoms with Crippen LogP contribution in [0.5, 0.6) is 0 Å². The Morgan fingerprint density at radius 3 is 1.11 bits per heavy atom. The number of sulfonamides is 2. The summed E-state index contributed by atoms with van der Waals surface area (Å²) in [6.07, 6.45) is 0. The fraction of sp³-hybridized carbons (Fsp3) is 1.00. The van der Waals surface area contributed by atoms with Crippen molar-refractivity contribution in [2.24, 2.45) is 0 Å². The molecule has 0 fully saturated rings. The van der Waals surface area contributed by atoms with Crippen LogP contribution in [0.25, 0.3) is 0 Å². The van der Waals surface area contributed by atoms with E-state index >= 15 is 0 Å². The summed E-state index contributed by atoms with van der Waals surface area (Å²) in [7, 11) is -7.90. The molecule has 0 aromatic rings. The van der Waals surface area contributed by atoms with E-state index in [0.29, 0.717) is 0 Å². The van der Waals surface area contributed by atoms with Gasteiger partial charge in [-0.25, -0.2) is 26.3 Å². The van der Waals surface area contributed by atoms with Gasteiger partial charge in [-0.05, 0) is 48.5 Å². The van der Waals surface area contributed by atoms with E-state index in [1.165, 1.54) is 0 Å². The number of nitrogens with one attached hydrogen (secondary N) is 2. The van der Waals surface area contributed by atoms with Gasteiger partial charge in [0, 0.05) is 11.1 Å². The van der Waals surface area contributed by atoms with Crippen molar-refractivity contribution in [3.63, 3.8) is 0 Å². The minimum absolute atomic E-state index is 0.718. The van der Waals surface area contributed by atoms with Crippen molar-refractivity contribution in [3.05, 3.63) is 0 Å². The Kier molecular flexibility index (Phi) is 5.02. The fourth-order valence-corrected chi connectivity index (χ4v) is 4.85. The van der Waals surface area contributed by atoms with Gasteiger partial charge in [0.2, 0.25) is 20.0 Å². The Labute approximate surface area is 111 Å². The van der Waals surface area contributed by atoms with E-state index in [1.54, 1.807) is 41.5 Å². The van der Waals surface area contributed by atoms with Gasteiger partial charge in [-0.2, -0.15) is 0 Å². The van der Waals surface area contributed by atoms with Gasteiger partial charge in [-0.1, -0.05) is 0 Å². The summed E-state index contributed by atoms with van der Waals surface area (Å²) < 4.78 is 50.9.